The second kappa shape index (κ2) is 11.0. The van der Waals surface area contributed by atoms with Crippen LogP contribution in [0.4, 0.5) is 0 Å². The largest absolute Gasteiger partial charge is 0.497 e. The Morgan fingerprint density at radius 3 is 2.48 bits per heavy atom. The van der Waals surface area contributed by atoms with Crippen molar-refractivity contribution in [1.29, 1.82) is 0 Å². The van der Waals surface area contributed by atoms with Gasteiger partial charge >= 0.3 is 0 Å². The highest BCUT2D eigenvalue weighted by Gasteiger charge is 2.25. The molecule has 164 valence electrons. The van der Waals surface area contributed by atoms with Gasteiger partial charge in [-0.1, -0.05) is 17.6 Å². The van der Waals surface area contributed by atoms with Crippen LogP contribution < -0.4 is 9.47 Å². The Balaban J connectivity index is 1.42. The van der Waals surface area contributed by atoms with Crippen molar-refractivity contribution in [2.24, 2.45) is 0 Å². The fraction of sp³-hybridized carbons (Fsp3) is 0.375. The Morgan fingerprint density at radius 1 is 1.10 bits per heavy atom. The van der Waals surface area contributed by atoms with Gasteiger partial charge in [0.25, 0.3) is 0 Å². The number of hydrogen-bond donors (Lipinski definition) is 0. The van der Waals surface area contributed by atoms with Gasteiger partial charge in [-0.25, -0.2) is 17.7 Å². The highest BCUT2D eigenvalue weighted by molar-refractivity contribution is 7.89. The third-order valence-electron chi connectivity index (χ3n) is 5.00. The van der Waals surface area contributed by atoms with Crippen molar-refractivity contribution < 1.29 is 17.9 Å². The molecule has 1 saturated heterocycles. The summed E-state index contributed by atoms with van der Waals surface area (Å²) in [4.78, 5) is 4.36. The van der Waals surface area contributed by atoms with Crippen LogP contribution in [0.25, 0.3) is 0 Å². The van der Waals surface area contributed by atoms with Gasteiger partial charge in [-0.15, -0.1) is 0 Å². The molecule has 2 heterocycles. The number of ether oxygens (including phenoxy) is 2. The van der Waals surface area contributed by atoms with Gasteiger partial charge in [0.15, 0.2) is 0 Å². The number of allylic oxidation sites excluding steroid dienone is 1. The Kier molecular flexibility index (Phi) is 8.10. The molecule has 1 aliphatic rings. The second-order valence-corrected chi connectivity index (χ2v) is 9.42. The highest BCUT2D eigenvalue weighted by Crippen LogP contribution is 2.20. The molecule has 3 rings (SSSR count). The molecule has 2 aromatic rings. The van der Waals surface area contributed by atoms with Crippen LogP contribution in [-0.2, 0) is 10.0 Å². The van der Waals surface area contributed by atoms with Gasteiger partial charge in [0.05, 0.1) is 19.5 Å². The number of hydrogen-bond acceptors (Lipinski definition) is 5. The zero-order valence-electron chi connectivity index (χ0n) is 18.0. The number of methoxy groups -OCH3 is 1. The SMILES string of the molecule is COc1ccc(OCCCS(=O)(=O)N2CCC(=CC#Cc3cccc(C)n3)CC2)cc1. The molecular weight excluding hydrogens is 412 g/mol. The van der Waals surface area contributed by atoms with Crippen LogP contribution in [0, 0.1) is 18.8 Å². The number of sulfonamides is 1. The second-order valence-electron chi connectivity index (χ2n) is 7.33. The minimum absolute atomic E-state index is 0.0844. The quantitative estimate of drug-likeness (QED) is 0.486. The molecule has 1 aliphatic heterocycles. The molecule has 1 aromatic carbocycles. The van der Waals surface area contributed by atoms with Crippen LogP contribution in [-0.4, -0.2) is 50.3 Å². The van der Waals surface area contributed by atoms with Gasteiger partial charge in [0, 0.05) is 18.8 Å². The summed E-state index contributed by atoms with van der Waals surface area (Å²) in [7, 11) is -1.67. The predicted molar refractivity (Wildman–Crippen MR) is 122 cm³/mol. The van der Waals surface area contributed by atoms with Crippen LogP contribution in [0.1, 0.15) is 30.7 Å². The van der Waals surface area contributed by atoms with Crippen molar-refractivity contribution >= 4 is 10.0 Å². The maximum Gasteiger partial charge on any atom is 0.214 e. The van der Waals surface area contributed by atoms with Crippen LogP contribution in [0.15, 0.2) is 54.1 Å². The van der Waals surface area contributed by atoms with Crippen LogP contribution in [0.3, 0.4) is 0 Å². The monoisotopic (exact) mass is 440 g/mol. The first-order valence-corrected chi connectivity index (χ1v) is 11.9. The topological polar surface area (TPSA) is 68.7 Å². The third kappa shape index (κ3) is 7.12. The maximum atomic E-state index is 12.6. The minimum atomic E-state index is -3.28. The Bertz CT molecular complexity index is 1060. The van der Waals surface area contributed by atoms with Crippen LogP contribution >= 0.6 is 0 Å². The Labute approximate surface area is 185 Å². The summed E-state index contributed by atoms with van der Waals surface area (Å²) in [5, 5.41) is 0. The number of piperidine rings is 1. The maximum absolute atomic E-state index is 12.6. The summed E-state index contributed by atoms with van der Waals surface area (Å²) < 4.78 is 37.5. The predicted octanol–water partition coefficient (Wildman–Crippen LogP) is 3.57. The first-order chi connectivity index (χ1) is 15.0. The van der Waals surface area contributed by atoms with E-state index in [9.17, 15) is 8.42 Å². The van der Waals surface area contributed by atoms with E-state index in [0.29, 0.717) is 44.7 Å². The van der Waals surface area contributed by atoms with Crippen molar-refractivity contribution in [2.45, 2.75) is 26.2 Å². The molecule has 0 radical (unpaired) electrons. The summed E-state index contributed by atoms with van der Waals surface area (Å²) in [6.07, 6.45) is 3.76. The standard InChI is InChI=1S/C24H28N2O4S/c1-20-6-3-8-22(25-20)9-4-7-21-14-16-26(17-15-21)31(27,28)19-5-18-30-24-12-10-23(29-2)11-13-24/h3,6-8,10-13H,5,14-19H2,1-2H3. The van der Waals surface area contributed by atoms with Crippen molar-refractivity contribution in [1.82, 2.24) is 9.29 Å². The molecule has 0 N–H and O–H groups in total. The lowest BCUT2D eigenvalue weighted by Gasteiger charge is -2.27. The third-order valence-corrected chi connectivity index (χ3v) is 6.95. The zero-order valence-corrected chi connectivity index (χ0v) is 18.8. The van der Waals surface area contributed by atoms with Gasteiger partial charge in [-0.05, 0) is 74.6 Å². The molecule has 0 bridgehead atoms. The van der Waals surface area contributed by atoms with Gasteiger partial charge in [0.2, 0.25) is 10.0 Å². The molecule has 7 heteroatoms. The van der Waals surface area contributed by atoms with Crippen molar-refractivity contribution in [3.05, 3.63) is 65.5 Å². The molecule has 0 unspecified atom stereocenters. The van der Waals surface area contributed by atoms with Crippen LogP contribution in [0.5, 0.6) is 11.5 Å². The van der Waals surface area contributed by atoms with E-state index in [4.69, 9.17) is 9.47 Å². The molecule has 1 fully saturated rings. The summed E-state index contributed by atoms with van der Waals surface area (Å²) >= 11 is 0. The molecule has 1 aromatic heterocycles. The number of benzene rings is 1. The van der Waals surface area contributed by atoms with E-state index in [0.717, 1.165) is 17.1 Å². The Hall–Kier alpha value is -2.82. The van der Waals surface area contributed by atoms with E-state index in [-0.39, 0.29) is 5.75 Å². The van der Waals surface area contributed by atoms with E-state index in [1.54, 1.807) is 11.4 Å². The van der Waals surface area contributed by atoms with E-state index < -0.39 is 10.0 Å². The zero-order chi connectivity index (χ0) is 22.1. The van der Waals surface area contributed by atoms with E-state index in [1.807, 2.05) is 55.5 Å². The number of aryl methyl sites for hydroxylation is 1. The number of nitrogens with zero attached hydrogens (tertiary/aromatic N) is 2. The average molecular weight is 441 g/mol. The lowest BCUT2D eigenvalue weighted by Crippen LogP contribution is -2.38. The molecule has 0 spiro atoms. The summed E-state index contributed by atoms with van der Waals surface area (Å²) in [5.74, 6) is 7.63. The molecule has 0 atom stereocenters. The van der Waals surface area contributed by atoms with Gasteiger partial charge in [-0.2, -0.15) is 0 Å². The van der Waals surface area contributed by atoms with E-state index in [1.165, 1.54) is 5.57 Å². The van der Waals surface area contributed by atoms with Crippen molar-refractivity contribution in [3.63, 3.8) is 0 Å². The van der Waals surface area contributed by atoms with Crippen molar-refractivity contribution in [2.75, 3.05) is 32.6 Å². The fourth-order valence-electron chi connectivity index (χ4n) is 3.25. The molecule has 0 aliphatic carbocycles. The van der Waals surface area contributed by atoms with E-state index >= 15 is 0 Å². The average Bonchev–Trinajstić information content (AvgIpc) is 2.78. The molecular formula is C24H28N2O4S. The van der Waals surface area contributed by atoms with Gasteiger partial charge < -0.3 is 9.47 Å². The number of aromatic nitrogens is 1. The minimum Gasteiger partial charge on any atom is -0.497 e. The van der Waals surface area contributed by atoms with Crippen LogP contribution in [0.2, 0.25) is 0 Å². The Morgan fingerprint density at radius 2 is 1.81 bits per heavy atom. The smallest absolute Gasteiger partial charge is 0.214 e. The lowest BCUT2D eigenvalue weighted by atomic mass is 10.1. The summed E-state index contributed by atoms with van der Waals surface area (Å²) in [6.45, 7) is 3.29. The molecule has 0 saturated carbocycles. The molecule has 0 amide bonds. The summed E-state index contributed by atoms with van der Waals surface area (Å²) in [6, 6.07) is 13.0. The highest BCUT2D eigenvalue weighted by atomic mass is 32.2. The van der Waals surface area contributed by atoms with E-state index in [2.05, 4.69) is 16.8 Å². The van der Waals surface area contributed by atoms with Gasteiger partial charge in [0.1, 0.15) is 17.2 Å². The van der Waals surface area contributed by atoms with Gasteiger partial charge in [-0.3, -0.25) is 0 Å². The molecule has 31 heavy (non-hydrogen) atoms. The number of pyridine rings is 1. The summed E-state index contributed by atoms with van der Waals surface area (Å²) in [5.41, 5.74) is 2.86. The lowest BCUT2D eigenvalue weighted by molar-refractivity contribution is 0.314. The number of rotatable bonds is 7. The first-order valence-electron chi connectivity index (χ1n) is 10.3. The fourth-order valence-corrected chi connectivity index (χ4v) is 4.73. The normalized spacial score (nSPS) is 14.5. The molecule has 6 nitrogen and oxygen atoms in total. The first kappa shape index (κ1) is 22.9. The van der Waals surface area contributed by atoms with Crippen molar-refractivity contribution in [3.8, 4) is 23.3 Å².